The van der Waals surface area contributed by atoms with Crippen LogP contribution in [0.1, 0.15) is 22.3 Å². The van der Waals surface area contributed by atoms with Crippen molar-refractivity contribution in [2.45, 2.75) is 17.9 Å². The van der Waals surface area contributed by atoms with Crippen molar-refractivity contribution in [3.8, 4) is 11.1 Å². The minimum atomic E-state index is -0.447. The van der Waals surface area contributed by atoms with Gasteiger partial charge in [0.2, 0.25) is 5.91 Å². The highest BCUT2D eigenvalue weighted by molar-refractivity contribution is 5.93. The van der Waals surface area contributed by atoms with Crippen molar-refractivity contribution in [2.24, 2.45) is 11.7 Å². The zero-order valence-corrected chi connectivity index (χ0v) is 14.0. The van der Waals surface area contributed by atoms with E-state index < -0.39 is 5.91 Å². The van der Waals surface area contributed by atoms with Crippen LogP contribution in [0.15, 0.2) is 42.7 Å². The van der Waals surface area contributed by atoms with Crippen molar-refractivity contribution in [1.82, 2.24) is 9.88 Å². The average molecular weight is 335 g/mol. The summed E-state index contributed by atoms with van der Waals surface area (Å²) in [5, 5.41) is 0. The average Bonchev–Trinajstić information content (AvgIpc) is 3.16. The van der Waals surface area contributed by atoms with E-state index in [0.29, 0.717) is 17.0 Å². The standard InChI is InChI=1S/C20H21N3O2/c21-19(24)15-5-14(7-22-8-15)13-1-3-16(4-2-13)20-6-17(20)9-23(12-20)18-10-25-11-18/h1-5,7-8,17-18H,6,9-12H2,(H2,21,24)/t17-,20+/m0/s1. The molecule has 1 amide bonds. The number of rotatable bonds is 4. The molecule has 0 radical (unpaired) electrons. The summed E-state index contributed by atoms with van der Waals surface area (Å²) in [6, 6.07) is 11.2. The number of primary amides is 1. The lowest BCUT2D eigenvalue weighted by molar-refractivity contribution is -0.0610. The number of nitrogens with two attached hydrogens (primary N) is 1. The number of likely N-dealkylation sites (tertiary alicyclic amines) is 1. The van der Waals surface area contributed by atoms with Crippen LogP contribution in [0.5, 0.6) is 0 Å². The summed E-state index contributed by atoms with van der Waals surface area (Å²) < 4.78 is 5.35. The molecule has 5 heteroatoms. The van der Waals surface area contributed by atoms with E-state index in [1.54, 1.807) is 12.3 Å². The van der Waals surface area contributed by atoms with Gasteiger partial charge in [0.1, 0.15) is 0 Å². The van der Waals surface area contributed by atoms with Gasteiger partial charge in [-0.1, -0.05) is 24.3 Å². The summed E-state index contributed by atoms with van der Waals surface area (Å²) in [5.41, 5.74) is 9.56. The molecule has 2 saturated heterocycles. The lowest BCUT2D eigenvalue weighted by atomic mass is 9.93. The molecule has 5 rings (SSSR count). The van der Waals surface area contributed by atoms with Gasteiger partial charge in [-0.3, -0.25) is 14.7 Å². The van der Waals surface area contributed by atoms with E-state index in [0.717, 1.165) is 36.8 Å². The molecule has 2 atom stereocenters. The van der Waals surface area contributed by atoms with E-state index in [4.69, 9.17) is 10.5 Å². The first-order valence-corrected chi connectivity index (χ1v) is 8.83. The molecule has 1 saturated carbocycles. The van der Waals surface area contributed by atoms with Crippen LogP contribution >= 0.6 is 0 Å². The number of benzene rings is 1. The Bertz CT molecular complexity index is 831. The molecule has 2 N–H and O–H groups in total. The predicted molar refractivity (Wildman–Crippen MR) is 94.2 cm³/mol. The number of hydrogen-bond acceptors (Lipinski definition) is 4. The van der Waals surface area contributed by atoms with E-state index in [2.05, 4.69) is 34.1 Å². The third-order valence-corrected chi connectivity index (χ3v) is 6.12. The number of piperidine rings is 1. The molecule has 0 bridgehead atoms. The molecule has 25 heavy (non-hydrogen) atoms. The van der Waals surface area contributed by atoms with Gasteiger partial charge in [-0.05, 0) is 29.5 Å². The normalized spacial score (nSPS) is 28.4. The minimum Gasteiger partial charge on any atom is -0.378 e. The maximum absolute atomic E-state index is 11.3. The molecule has 2 aromatic rings. The molecule has 2 aliphatic heterocycles. The molecule has 0 spiro atoms. The lowest BCUT2D eigenvalue weighted by Crippen LogP contribution is -2.49. The second-order valence-electron chi connectivity index (χ2n) is 7.58. The number of fused-ring (bicyclic) bond motifs is 1. The molecule has 1 aliphatic carbocycles. The highest BCUT2D eigenvalue weighted by atomic mass is 16.5. The van der Waals surface area contributed by atoms with Crippen molar-refractivity contribution in [3.05, 3.63) is 53.9 Å². The summed E-state index contributed by atoms with van der Waals surface area (Å²) >= 11 is 0. The second-order valence-corrected chi connectivity index (χ2v) is 7.58. The molecule has 3 aliphatic rings. The third kappa shape index (κ3) is 2.38. The fourth-order valence-corrected chi connectivity index (χ4v) is 4.41. The zero-order chi connectivity index (χ0) is 17.0. The second kappa shape index (κ2) is 5.38. The Kier molecular flexibility index (Phi) is 3.24. The first-order valence-electron chi connectivity index (χ1n) is 8.83. The predicted octanol–water partition coefficient (Wildman–Crippen LogP) is 1.82. The molecule has 1 aromatic carbocycles. The van der Waals surface area contributed by atoms with Crippen LogP contribution in [-0.2, 0) is 10.2 Å². The molecule has 5 nitrogen and oxygen atoms in total. The van der Waals surface area contributed by atoms with Gasteiger partial charge in [0.15, 0.2) is 0 Å². The Labute approximate surface area is 146 Å². The van der Waals surface area contributed by atoms with Crippen LogP contribution in [0.25, 0.3) is 11.1 Å². The number of pyridine rings is 1. The van der Waals surface area contributed by atoms with Crippen molar-refractivity contribution in [3.63, 3.8) is 0 Å². The summed E-state index contributed by atoms with van der Waals surface area (Å²) in [6.07, 6.45) is 4.58. The maximum atomic E-state index is 11.3. The van der Waals surface area contributed by atoms with Gasteiger partial charge in [-0.25, -0.2) is 0 Å². The van der Waals surface area contributed by atoms with Crippen LogP contribution in [0, 0.1) is 5.92 Å². The van der Waals surface area contributed by atoms with Crippen LogP contribution in [-0.4, -0.2) is 48.1 Å². The fourth-order valence-electron chi connectivity index (χ4n) is 4.41. The van der Waals surface area contributed by atoms with Crippen LogP contribution < -0.4 is 5.73 Å². The van der Waals surface area contributed by atoms with E-state index in [9.17, 15) is 4.79 Å². The number of hydrogen-bond donors (Lipinski definition) is 1. The Morgan fingerprint density at radius 1 is 1.20 bits per heavy atom. The van der Waals surface area contributed by atoms with Gasteiger partial charge in [0.05, 0.1) is 24.8 Å². The third-order valence-electron chi connectivity index (χ3n) is 6.12. The Hall–Kier alpha value is -2.24. The topological polar surface area (TPSA) is 68.5 Å². The number of carbonyl (C=O) groups is 1. The number of amides is 1. The van der Waals surface area contributed by atoms with E-state index in [1.165, 1.54) is 24.7 Å². The number of ether oxygens (including phenoxy) is 1. The molecular formula is C20H21N3O2. The summed E-state index contributed by atoms with van der Waals surface area (Å²) in [6.45, 7) is 4.15. The SMILES string of the molecule is NC(=O)c1cncc(-c2ccc([C@]34C[C@H]3CN(C3COC3)C4)cc2)c1. The Morgan fingerprint density at radius 2 is 2.00 bits per heavy atom. The van der Waals surface area contributed by atoms with Crippen molar-refractivity contribution in [1.29, 1.82) is 0 Å². The summed E-state index contributed by atoms with van der Waals surface area (Å²) in [5.74, 6) is 0.343. The number of nitrogens with zero attached hydrogens (tertiary/aromatic N) is 2. The van der Waals surface area contributed by atoms with Gasteiger partial charge < -0.3 is 10.5 Å². The fraction of sp³-hybridized carbons (Fsp3) is 0.400. The van der Waals surface area contributed by atoms with Gasteiger partial charge in [-0.2, -0.15) is 0 Å². The Morgan fingerprint density at radius 3 is 2.68 bits per heavy atom. The van der Waals surface area contributed by atoms with Gasteiger partial charge in [-0.15, -0.1) is 0 Å². The first-order chi connectivity index (χ1) is 12.2. The monoisotopic (exact) mass is 335 g/mol. The van der Waals surface area contributed by atoms with Crippen LogP contribution in [0.4, 0.5) is 0 Å². The van der Waals surface area contributed by atoms with Crippen molar-refractivity contribution in [2.75, 3.05) is 26.3 Å². The van der Waals surface area contributed by atoms with E-state index in [1.807, 2.05) is 0 Å². The molecular weight excluding hydrogens is 314 g/mol. The maximum Gasteiger partial charge on any atom is 0.250 e. The highest BCUT2D eigenvalue weighted by Crippen LogP contribution is 2.59. The smallest absolute Gasteiger partial charge is 0.250 e. The largest absolute Gasteiger partial charge is 0.378 e. The number of carbonyl (C=O) groups excluding carboxylic acids is 1. The minimum absolute atomic E-state index is 0.349. The van der Waals surface area contributed by atoms with Crippen molar-refractivity contribution < 1.29 is 9.53 Å². The van der Waals surface area contributed by atoms with Crippen molar-refractivity contribution >= 4 is 5.91 Å². The van der Waals surface area contributed by atoms with Gasteiger partial charge >= 0.3 is 0 Å². The van der Waals surface area contributed by atoms with E-state index in [-0.39, 0.29) is 0 Å². The first kappa shape index (κ1) is 15.0. The van der Waals surface area contributed by atoms with Gasteiger partial charge in [0, 0.05) is 36.5 Å². The van der Waals surface area contributed by atoms with Crippen LogP contribution in [0.3, 0.4) is 0 Å². The van der Waals surface area contributed by atoms with Crippen LogP contribution in [0.2, 0.25) is 0 Å². The zero-order valence-electron chi connectivity index (χ0n) is 14.0. The molecule has 128 valence electrons. The Balaban J connectivity index is 1.38. The summed E-state index contributed by atoms with van der Waals surface area (Å²) in [7, 11) is 0. The highest BCUT2D eigenvalue weighted by Gasteiger charge is 2.61. The lowest BCUT2D eigenvalue weighted by Gasteiger charge is -2.36. The molecule has 3 fully saturated rings. The molecule has 1 aromatic heterocycles. The summed E-state index contributed by atoms with van der Waals surface area (Å²) in [4.78, 5) is 18.1. The van der Waals surface area contributed by atoms with E-state index >= 15 is 0 Å². The van der Waals surface area contributed by atoms with Gasteiger partial charge in [0.25, 0.3) is 0 Å². The molecule has 3 heterocycles. The quantitative estimate of drug-likeness (QED) is 0.925. The molecule has 0 unspecified atom stereocenters. The number of aromatic nitrogens is 1.